The minimum Gasteiger partial charge on any atom is -0.322 e. The molecule has 7 nitrogen and oxygen atoms in total. The van der Waals surface area contributed by atoms with E-state index in [0.29, 0.717) is 27.9 Å². The first-order valence-electron chi connectivity index (χ1n) is 10.3. The van der Waals surface area contributed by atoms with Crippen LogP contribution in [-0.2, 0) is 0 Å². The van der Waals surface area contributed by atoms with E-state index >= 15 is 0 Å². The van der Waals surface area contributed by atoms with Crippen LogP contribution in [0.15, 0.2) is 102 Å². The van der Waals surface area contributed by atoms with Crippen molar-refractivity contribution in [3.63, 3.8) is 0 Å². The van der Waals surface area contributed by atoms with Crippen LogP contribution >= 0.6 is 0 Å². The summed E-state index contributed by atoms with van der Waals surface area (Å²) in [7, 11) is 0. The van der Waals surface area contributed by atoms with E-state index < -0.39 is 0 Å². The molecule has 0 fully saturated rings. The molecule has 0 aliphatic rings. The zero-order chi connectivity index (χ0) is 22.6. The third kappa shape index (κ3) is 4.33. The Morgan fingerprint density at radius 1 is 0.848 bits per heavy atom. The first-order valence-corrected chi connectivity index (χ1v) is 10.3. The average molecular weight is 433 g/mol. The van der Waals surface area contributed by atoms with Crippen molar-refractivity contribution in [1.29, 1.82) is 0 Å². The van der Waals surface area contributed by atoms with Crippen molar-refractivity contribution < 1.29 is 9.59 Å². The van der Waals surface area contributed by atoms with Gasteiger partial charge in [-0.2, -0.15) is 10.2 Å². The quantitative estimate of drug-likeness (QED) is 0.300. The van der Waals surface area contributed by atoms with Gasteiger partial charge in [0.15, 0.2) is 5.78 Å². The number of aromatic amines is 1. The van der Waals surface area contributed by atoms with Gasteiger partial charge in [0.25, 0.3) is 5.91 Å². The van der Waals surface area contributed by atoms with Crippen LogP contribution in [0.3, 0.4) is 0 Å². The van der Waals surface area contributed by atoms with Crippen molar-refractivity contribution in [3.05, 3.63) is 120 Å². The van der Waals surface area contributed by atoms with Crippen LogP contribution in [0.1, 0.15) is 32.0 Å². The lowest BCUT2D eigenvalue weighted by Crippen LogP contribution is -2.12. The first kappa shape index (κ1) is 20.1. The summed E-state index contributed by atoms with van der Waals surface area (Å²) in [4.78, 5) is 25.5. The number of hydrogen-bond donors (Lipinski definition) is 2. The molecule has 33 heavy (non-hydrogen) atoms. The molecule has 3 aromatic carbocycles. The normalized spacial score (nSPS) is 11.2. The Kier molecular flexibility index (Phi) is 5.35. The standard InChI is InChI=1S/C26H19N5O2/c32-25(19-9-6-10-21(15-19)28-26(33)18-7-2-1-3-8-18)20-11-12-22-23(16-20)29-30-24(22)17-27-31-13-4-5-14-31/h1-17H,(H,28,33)(H,29,30). The molecule has 0 radical (unpaired) electrons. The number of nitrogens with one attached hydrogen (secondary N) is 2. The number of carbonyl (C=O) groups excluding carboxylic acids is 2. The van der Waals surface area contributed by atoms with Crippen LogP contribution in [0.2, 0.25) is 0 Å². The summed E-state index contributed by atoms with van der Waals surface area (Å²) in [6.45, 7) is 0. The number of hydrogen-bond acceptors (Lipinski definition) is 4. The van der Waals surface area contributed by atoms with Crippen LogP contribution in [0.5, 0.6) is 0 Å². The number of amides is 1. The summed E-state index contributed by atoms with van der Waals surface area (Å²) in [5.74, 6) is -0.384. The fourth-order valence-electron chi connectivity index (χ4n) is 3.50. The zero-order valence-corrected chi connectivity index (χ0v) is 17.5. The van der Waals surface area contributed by atoms with Gasteiger partial charge in [0, 0.05) is 40.2 Å². The average Bonchev–Trinajstić information content (AvgIpc) is 3.52. The lowest BCUT2D eigenvalue weighted by Gasteiger charge is -2.07. The Hall–Kier alpha value is -4.78. The number of carbonyl (C=O) groups is 2. The summed E-state index contributed by atoms with van der Waals surface area (Å²) >= 11 is 0. The maximum atomic E-state index is 13.1. The van der Waals surface area contributed by atoms with E-state index in [1.54, 1.807) is 71.6 Å². The molecule has 5 aromatic rings. The summed E-state index contributed by atoms with van der Waals surface area (Å²) in [5, 5.41) is 15.3. The zero-order valence-electron chi connectivity index (χ0n) is 17.5. The number of anilines is 1. The third-order valence-electron chi connectivity index (χ3n) is 5.17. The van der Waals surface area contributed by atoms with E-state index in [1.807, 2.05) is 36.7 Å². The second-order valence-corrected chi connectivity index (χ2v) is 7.41. The number of fused-ring (bicyclic) bond motifs is 1. The van der Waals surface area contributed by atoms with E-state index in [-0.39, 0.29) is 11.7 Å². The maximum absolute atomic E-state index is 13.1. The molecule has 160 valence electrons. The van der Waals surface area contributed by atoms with E-state index in [9.17, 15) is 9.59 Å². The van der Waals surface area contributed by atoms with E-state index in [0.717, 1.165) is 11.1 Å². The molecule has 7 heteroatoms. The lowest BCUT2D eigenvalue weighted by atomic mass is 10.0. The van der Waals surface area contributed by atoms with Crippen LogP contribution < -0.4 is 5.32 Å². The number of ketones is 1. The van der Waals surface area contributed by atoms with E-state index in [1.165, 1.54) is 0 Å². The summed E-state index contributed by atoms with van der Waals surface area (Å²) in [6.07, 6.45) is 5.36. The number of nitrogens with zero attached hydrogens (tertiary/aromatic N) is 3. The monoisotopic (exact) mass is 433 g/mol. The Labute approximate surface area is 189 Å². The molecular formula is C26H19N5O2. The fraction of sp³-hybridized carbons (Fsp3) is 0. The van der Waals surface area contributed by atoms with E-state index in [2.05, 4.69) is 20.6 Å². The van der Waals surface area contributed by atoms with Gasteiger partial charge < -0.3 is 5.32 Å². The summed E-state index contributed by atoms with van der Waals surface area (Å²) in [5.41, 5.74) is 3.51. The highest BCUT2D eigenvalue weighted by Gasteiger charge is 2.13. The van der Waals surface area contributed by atoms with Gasteiger partial charge in [-0.3, -0.25) is 14.7 Å². The van der Waals surface area contributed by atoms with Crippen molar-refractivity contribution in [2.24, 2.45) is 5.10 Å². The van der Waals surface area contributed by atoms with Crippen molar-refractivity contribution in [2.75, 3.05) is 5.32 Å². The van der Waals surface area contributed by atoms with Crippen molar-refractivity contribution in [1.82, 2.24) is 14.9 Å². The van der Waals surface area contributed by atoms with Gasteiger partial charge in [-0.15, -0.1) is 0 Å². The molecule has 5 rings (SSSR count). The number of aromatic nitrogens is 3. The molecule has 1 amide bonds. The number of rotatable bonds is 6. The third-order valence-corrected chi connectivity index (χ3v) is 5.17. The molecule has 2 heterocycles. The molecule has 0 spiro atoms. The van der Waals surface area contributed by atoms with Crippen LogP contribution in [-0.4, -0.2) is 32.8 Å². The lowest BCUT2D eigenvalue weighted by molar-refractivity contribution is 0.102. The Bertz CT molecular complexity index is 1470. The van der Waals surface area contributed by atoms with Gasteiger partial charge in [-0.05, 0) is 48.5 Å². The van der Waals surface area contributed by atoms with Gasteiger partial charge in [0.05, 0.1) is 17.4 Å². The first-order chi connectivity index (χ1) is 16.2. The highest BCUT2D eigenvalue weighted by atomic mass is 16.1. The van der Waals surface area contributed by atoms with Gasteiger partial charge in [-0.25, -0.2) is 4.68 Å². The molecule has 0 saturated heterocycles. The molecule has 2 aromatic heterocycles. The number of benzene rings is 3. The van der Waals surface area contributed by atoms with Gasteiger partial charge >= 0.3 is 0 Å². The van der Waals surface area contributed by atoms with Crippen molar-refractivity contribution >= 4 is 34.5 Å². The largest absolute Gasteiger partial charge is 0.322 e. The molecule has 0 atom stereocenters. The highest BCUT2D eigenvalue weighted by molar-refractivity contribution is 6.12. The SMILES string of the molecule is O=C(Nc1cccc(C(=O)c2ccc3c(C=Nn4cccc4)[nH]nc3c2)c1)c1ccccc1. The van der Waals surface area contributed by atoms with Gasteiger partial charge in [-0.1, -0.05) is 36.4 Å². The smallest absolute Gasteiger partial charge is 0.255 e. The van der Waals surface area contributed by atoms with Crippen molar-refractivity contribution in [3.8, 4) is 0 Å². The predicted octanol–water partition coefficient (Wildman–Crippen LogP) is 4.73. The Morgan fingerprint density at radius 2 is 1.61 bits per heavy atom. The maximum Gasteiger partial charge on any atom is 0.255 e. The minimum atomic E-state index is -0.229. The van der Waals surface area contributed by atoms with Gasteiger partial charge in [0.2, 0.25) is 0 Å². The summed E-state index contributed by atoms with van der Waals surface area (Å²) < 4.78 is 1.69. The van der Waals surface area contributed by atoms with Gasteiger partial charge in [0.1, 0.15) is 0 Å². The van der Waals surface area contributed by atoms with Crippen LogP contribution in [0, 0.1) is 0 Å². The second-order valence-electron chi connectivity index (χ2n) is 7.41. The second kappa shape index (κ2) is 8.76. The summed E-state index contributed by atoms with van der Waals surface area (Å²) in [6, 6.07) is 25.0. The fourth-order valence-corrected chi connectivity index (χ4v) is 3.50. The molecule has 0 aliphatic carbocycles. The van der Waals surface area contributed by atoms with Crippen molar-refractivity contribution in [2.45, 2.75) is 0 Å². The molecule has 0 bridgehead atoms. The Balaban J connectivity index is 1.36. The highest BCUT2D eigenvalue weighted by Crippen LogP contribution is 2.21. The molecule has 0 unspecified atom stereocenters. The minimum absolute atomic E-state index is 0.154. The molecule has 2 N–H and O–H groups in total. The molecule has 0 saturated carbocycles. The van der Waals surface area contributed by atoms with Crippen LogP contribution in [0.25, 0.3) is 10.9 Å². The topological polar surface area (TPSA) is 92.1 Å². The number of H-pyrrole nitrogens is 1. The predicted molar refractivity (Wildman–Crippen MR) is 128 cm³/mol. The van der Waals surface area contributed by atoms with Crippen LogP contribution in [0.4, 0.5) is 5.69 Å². The van der Waals surface area contributed by atoms with E-state index in [4.69, 9.17) is 0 Å². The molecular weight excluding hydrogens is 414 g/mol. The molecule has 0 aliphatic heterocycles. The Morgan fingerprint density at radius 3 is 2.42 bits per heavy atom.